The SMILES string of the molecule is CN1C(=O)C(Nc2ccc(N3CCOCC3)cc2)Nc2ccc(B3OC(C)(C)C(C)(C)O3)cc21.CN1C(=O)C(Nc2ccc(N3CCOCC3)cc2)Nc2ccc(Br)cc21.Cn1c(=O)c(Nc2ccc(N3CCOCC3)cc2)nc2ccc(-c3cnc(N(COCC[Si](C)(C)C)C(=O)OC(C)(C)C)s3)cc21.Cn1c(=O)c(Nc2ccc(N3CCOCC3)cc2)nc2ccc(-c3cnc(N)s3)cc21. The topological polar surface area (TPSA) is 341 Å². The van der Waals surface area contributed by atoms with Crippen molar-refractivity contribution in [1.82, 2.24) is 29.1 Å². The number of carbonyl (C=O) groups is 3. The summed E-state index contributed by atoms with van der Waals surface area (Å²) >= 11 is 6.22. The molecule has 4 aromatic heterocycles. The zero-order chi connectivity index (χ0) is 96.6. The summed E-state index contributed by atoms with van der Waals surface area (Å²) in [5.74, 6) is 0.469. The molecule has 7 aliphatic rings. The van der Waals surface area contributed by atoms with Crippen molar-refractivity contribution < 1.29 is 52.1 Å². The number of hydrogen-bond acceptors (Lipinski definition) is 30. The van der Waals surface area contributed by atoms with Gasteiger partial charge in [-0.1, -0.05) is 76.4 Å². The number of nitrogen functional groups attached to an aromatic ring is 1. The number of fused-ring (bicyclic) bond motifs is 4. The average Bonchev–Trinajstić information content (AvgIpc) is 1.50. The molecular formula is C99H120BBrN20O13S2Si. The van der Waals surface area contributed by atoms with E-state index in [9.17, 15) is 24.0 Å². The van der Waals surface area contributed by atoms with Crippen molar-refractivity contribution in [3.63, 3.8) is 0 Å². The average molecular weight is 1980 g/mol. The second-order valence-corrected chi connectivity index (χ2v) is 46.1. The number of aryl methyl sites for hydroxylation is 2. The van der Waals surface area contributed by atoms with Gasteiger partial charge in [-0.05, 0) is 223 Å². The molecule has 0 radical (unpaired) electrons. The van der Waals surface area contributed by atoms with Gasteiger partial charge in [-0.25, -0.2) is 29.6 Å². The van der Waals surface area contributed by atoms with Crippen LogP contribution in [0.2, 0.25) is 25.7 Å². The van der Waals surface area contributed by atoms with Gasteiger partial charge >= 0.3 is 13.2 Å². The summed E-state index contributed by atoms with van der Waals surface area (Å²) in [6, 6.07) is 56.8. The number of ether oxygens (including phenoxy) is 6. The van der Waals surface area contributed by atoms with Gasteiger partial charge in [0, 0.05) is 158 Å². The Labute approximate surface area is 815 Å². The van der Waals surface area contributed by atoms with Crippen molar-refractivity contribution in [2.75, 3.05) is 205 Å². The largest absolute Gasteiger partial charge is 0.494 e. The van der Waals surface area contributed by atoms with Crippen molar-refractivity contribution in [3.8, 4) is 20.9 Å². The smallest absolute Gasteiger partial charge is 0.443 e. The lowest BCUT2D eigenvalue weighted by molar-refractivity contribution is -0.119. The third kappa shape index (κ3) is 23.8. The highest BCUT2D eigenvalue weighted by molar-refractivity contribution is 9.10. The van der Waals surface area contributed by atoms with Gasteiger partial charge in [0.15, 0.2) is 34.2 Å². The lowest BCUT2D eigenvalue weighted by Crippen LogP contribution is -2.50. The minimum Gasteiger partial charge on any atom is -0.443 e. The molecule has 3 amide bonds. The van der Waals surface area contributed by atoms with E-state index in [0.717, 1.165) is 216 Å². The number of likely N-dealkylation sites (N-methyl/N-ethyl adjacent to an activating group) is 2. The van der Waals surface area contributed by atoms with Gasteiger partial charge < -0.3 is 114 Å². The van der Waals surface area contributed by atoms with Gasteiger partial charge in [0.1, 0.15) is 12.3 Å². The molecule has 0 spiro atoms. The second kappa shape index (κ2) is 42.4. The first-order valence-corrected chi connectivity index (χ1v) is 52.2. The van der Waals surface area contributed by atoms with Crippen LogP contribution in [0, 0.1) is 0 Å². The van der Waals surface area contributed by atoms with Crippen LogP contribution in [-0.4, -0.2) is 224 Å². The first kappa shape index (κ1) is 97.9. The zero-order valence-corrected chi connectivity index (χ0v) is 84.1. The summed E-state index contributed by atoms with van der Waals surface area (Å²) in [6.45, 7) is 34.2. The number of amides is 3. The highest BCUT2D eigenvalue weighted by Crippen LogP contribution is 2.41. The number of anilines is 16. The number of hydrogen-bond donors (Lipinski definition) is 7. The molecule has 2 atom stereocenters. The molecule has 38 heteroatoms. The molecule has 137 heavy (non-hydrogen) atoms. The van der Waals surface area contributed by atoms with Crippen LogP contribution < -0.4 is 88.5 Å². The predicted molar refractivity (Wildman–Crippen MR) is 558 cm³/mol. The normalized spacial score (nSPS) is 17.5. The van der Waals surface area contributed by atoms with Gasteiger partial charge in [-0.2, -0.15) is 0 Å². The van der Waals surface area contributed by atoms with E-state index in [1.807, 2.05) is 194 Å². The molecule has 7 aliphatic heterocycles. The zero-order valence-electron chi connectivity index (χ0n) is 79.9. The summed E-state index contributed by atoms with van der Waals surface area (Å²) in [7, 11) is 5.33. The Hall–Kier alpha value is -12.2. The second-order valence-electron chi connectivity index (χ2n) is 37.5. The Bertz CT molecular complexity index is 6380. The van der Waals surface area contributed by atoms with Gasteiger partial charge in [0.05, 0.1) is 119 Å². The fourth-order valence-corrected chi connectivity index (χ4v) is 18.9. The standard InChI is InChI=1S/C33H44N6O5SSi.C25H33BN4O4.C22H22N6O2S.C19H21BrN4O2/c1-33(2,3)44-32(41)39(22-43-18-19-46(5,6)7)31-34-21-28(45-31)23-8-13-26-27(20-23)37(4)30(40)29(36-26)35-24-9-11-25(12-10-24)38-14-16-42-17-15-38;1-24(2)25(3,4)34-26(33-24)17-6-11-20-21(16-17)29(5)23(31)22(28-20)27-18-7-9-19(10-8-18)30-12-14-32-15-13-30;1-27-18-12-14(19-13-24-22(23)31-19)2-7-17(18)26-20(21(27)29)25-15-3-5-16(6-4-15)28-8-10-30-11-9-28;1-23-17-12-13(20)2-7-16(17)22-18(19(23)25)21-14-3-5-15(6-4-14)24-8-10-26-11-9-24/h8-13,20-21H,14-19,22H2,1-7H3,(H,35,36);6-11,16,22,27-28H,12-15H2,1-5H3;2-7,12-13H,8-11H2,1H3,(H2,23,24)(H,25,26);2-7,12,18,21-22H,8-11H2,1H3. The van der Waals surface area contributed by atoms with E-state index in [-0.39, 0.29) is 35.5 Å². The number of rotatable bonds is 21. The Morgan fingerprint density at radius 3 is 1.33 bits per heavy atom. The van der Waals surface area contributed by atoms with E-state index < -0.39 is 50.4 Å². The molecule has 5 fully saturated rings. The van der Waals surface area contributed by atoms with Crippen LogP contribution in [0.4, 0.5) is 94.9 Å². The van der Waals surface area contributed by atoms with Crippen LogP contribution in [0.3, 0.4) is 0 Å². The molecule has 11 heterocycles. The summed E-state index contributed by atoms with van der Waals surface area (Å²) in [5.41, 5.74) is 20.8. The van der Waals surface area contributed by atoms with Crippen molar-refractivity contribution in [2.24, 2.45) is 14.1 Å². The monoisotopic (exact) mass is 1980 g/mol. The number of benzene rings is 8. The van der Waals surface area contributed by atoms with Crippen LogP contribution >= 0.6 is 38.6 Å². The number of aromatic nitrogens is 6. The molecule has 5 saturated heterocycles. The maximum atomic E-state index is 13.4. The van der Waals surface area contributed by atoms with E-state index in [0.29, 0.717) is 33.7 Å². The van der Waals surface area contributed by atoms with E-state index in [2.05, 4.69) is 131 Å². The van der Waals surface area contributed by atoms with Crippen molar-refractivity contribution in [2.45, 2.75) is 103 Å². The number of halogens is 1. The maximum Gasteiger partial charge on any atom is 0.494 e. The van der Waals surface area contributed by atoms with Crippen LogP contribution in [-0.2, 0) is 61.4 Å². The molecule has 720 valence electrons. The Morgan fingerprint density at radius 1 is 0.533 bits per heavy atom. The molecule has 0 saturated carbocycles. The van der Waals surface area contributed by atoms with Crippen molar-refractivity contribution >= 4 is 189 Å². The summed E-state index contributed by atoms with van der Waals surface area (Å²) in [5, 5.41) is 20.6. The third-order valence-corrected chi connectivity index (χ3v) is 29.0. The van der Waals surface area contributed by atoms with Gasteiger partial charge in [0.25, 0.3) is 22.9 Å². The number of thiazole rings is 2. The maximum absolute atomic E-state index is 13.4. The molecule has 19 rings (SSSR count). The Morgan fingerprint density at radius 2 is 0.927 bits per heavy atom. The molecule has 8 N–H and O–H groups in total. The number of nitrogens with zero attached hydrogens (tertiary/aromatic N) is 13. The summed E-state index contributed by atoms with van der Waals surface area (Å²) in [6.07, 6.45) is 1.89. The quantitative estimate of drug-likeness (QED) is 0.0200. The molecule has 12 aromatic rings. The van der Waals surface area contributed by atoms with Gasteiger partial charge in [0.2, 0.25) is 0 Å². The van der Waals surface area contributed by atoms with Crippen LogP contribution in [0.15, 0.2) is 196 Å². The third-order valence-electron chi connectivity index (χ3n) is 24.9. The van der Waals surface area contributed by atoms with E-state index in [1.165, 1.54) is 33.3 Å². The highest BCUT2D eigenvalue weighted by atomic mass is 79.9. The Kier molecular flexibility index (Phi) is 30.3. The minimum atomic E-state index is -1.29. The van der Waals surface area contributed by atoms with E-state index in [4.69, 9.17) is 43.5 Å². The molecule has 8 aromatic carbocycles. The number of carbonyl (C=O) groups excluding carboxylic acids is 3. The van der Waals surface area contributed by atoms with E-state index >= 15 is 0 Å². The first-order chi connectivity index (χ1) is 65.6. The predicted octanol–water partition coefficient (Wildman–Crippen LogP) is 15.7. The van der Waals surface area contributed by atoms with Crippen molar-refractivity contribution in [3.05, 3.63) is 207 Å². The van der Waals surface area contributed by atoms with Gasteiger partial charge in [-0.3, -0.25) is 19.2 Å². The van der Waals surface area contributed by atoms with Crippen LogP contribution in [0.5, 0.6) is 0 Å². The van der Waals surface area contributed by atoms with E-state index in [1.54, 1.807) is 59.5 Å². The van der Waals surface area contributed by atoms with Gasteiger partial charge in [-0.15, -0.1) is 0 Å². The molecule has 33 nitrogen and oxygen atoms in total. The lowest BCUT2D eigenvalue weighted by Gasteiger charge is -2.34. The van der Waals surface area contributed by atoms with Crippen LogP contribution in [0.1, 0.15) is 48.5 Å². The molecule has 0 bridgehead atoms. The number of nitrogens with one attached hydrogen (secondary N) is 6. The molecular weight excluding hydrogens is 1860 g/mol. The Balaban J connectivity index is 0.000000135. The number of nitrogens with two attached hydrogens (primary N) is 1. The lowest BCUT2D eigenvalue weighted by atomic mass is 9.78. The minimum absolute atomic E-state index is 0.0205. The first-order valence-electron chi connectivity index (χ1n) is 46.1. The fourth-order valence-electron chi connectivity index (χ4n) is 16.3. The molecule has 2 unspecified atom stereocenters. The summed E-state index contributed by atoms with van der Waals surface area (Å²) in [4.78, 5) is 98.9. The highest BCUT2D eigenvalue weighted by Gasteiger charge is 2.52. The van der Waals surface area contributed by atoms with Crippen molar-refractivity contribution in [1.29, 1.82) is 0 Å². The fraction of sp³-hybridized carbons (Fsp3) is 0.384. The number of morpholine rings is 4. The van der Waals surface area contributed by atoms with Crippen LogP contribution in [0.25, 0.3) is 42.9 Å². The molecule has 0 aliphatic carbocycles. The summed E-state index contributed by atoms with van der Waals surface area (Å²) < 4.78 is 49.8.